The van der Waals surface area contributed by atoms with Crippen LogP contribution in [-0.4, -0.2) is 13.7 Å². The van der Waals surface area contributed by atoms with Crippen molar-refractivity contribution in [3.63, 3.8) is 0 Å². The SMILES string of the molecule is CNC(C1=COCCC1)c1cccc(C)c1Br. The molecule has 17 heavy (non-hydrogen) atoms. The second-order valence-electron chi connectivity index (χ2n) is 4.37. The Morgan fingerprint density at radius 2 is 2.24 bits per heavy atom. The third kappa shape index (κ3) is 2.72. The zero-order valence-electron chi connectivity index (χ0n) is 10.3. The Kier molecular flexibility index (Phi) is 4.24. The Balaban J connectivity index is 2.34. The van der Waals surface area contributed by atoms with Crippen LogP contribution in [0.4, 0.5) is 0 Å². The molecular formula is C14H18BrNO. The van der Waals surface area contributed by atoms with Crippen molar-refractivity contribution < 1.29 is 4.74 Å². The first-order chi connectivity index (χ1) is 8.24. The minimum atomic E-state index is 0.240. The van der Waals surface area contributed by atoms with Gasteiger partial charge in [0.25, 0.3) is 0 Å². The summed E-state index contributed by atoms with van der Waals surface area (Å²) in [5.41, 5.74) is 3.87. The highest BCUT2D eigenvalue weighted by molar-refractivity contribution is 9.10. The molecular weight excluding hydrogens is 278 g/mol. The molecule has 0 bridgehead atoms. The smallest absolute Gasteiger partial charge is 0.0876 e. The lowest BCUT2D eigenvalue weighted by Gasteiger charge is -2.24. The maximum Gasteiger partial charge on any atom is 0.0876 e. The van der Waals surface area contributed by atoms with Crippen LogP contribution in [0.2, 0.25) is 0 Å². The van der Waals surface area contributed by atoms with E-state index < -0.39 is 0 Å². The van der Waals surface area contributed by atoms with Gasteiger partial charge in [-0.25, -0.2) is 0 Å². The van der Waals surface area contributed by atoms with E-state index in [1.54, 1.807) is 0 Å². The minimum Gasteiger partial charge on any atom is -0.501 e. The first-order valence-electron chi connectivity index (χ1n) is 5.97. The van der Waals surface area contributed by atoms with E-state index >= 15 is 0 Å². The van der Waals surface area contributed by atoms with Gasteiger partial charge in [0, 0.05) is 4.47 Å². The summed E-state index contributed by atoms with van der Waals surface area (Å²) in [6.45, 7) is 2.96. The van der Waals surface area contributed by atoms with Gasteiger partial charge in [0.15, 0.2) is 0 Å². The summed E-state index contributed by atoms with van der Waals surface area (Å²) in [6.07, 6.45) is 4.12. The number of likely N-dealkylation sites (N-methyl/N-ethyl adjacent to an activating group) is 1. The Morgan fingerprint density at radius 1 is 1.41 bits per heavy atom. The average Bonchev–Trinajstić information content (AvgIpc) is 2.37. The Labute approximate surface area is 111 Å². The topological polar surface area (TPSA) is 21.3 Å². The summed E-state index contributed by atoms with van der Waals surface area (Å²) in [6, 6.07) is 6.62. The number of hydrogen-bond acceptors (Lipinski definition) is 2. The van der Waals surface area contributed by atoms with Gasteiger partial charge < -0.3 is 10.1 Å². The van der Waals surface area contributed by atoms with Gasteiger partial charge in [-0.05, 0) is 43.5 Å². The molecule has 1 aromatic rings. The van der Waals surface area contributed by atoms with Crippen molar-refractivity contribution in [2.45, 2.75) is 25.8 Å². The molecule has 0 amide bonds. The van der Waals surface area contributed by atoms with Gasteiger partial charge in [0.05, 0.1) is 18.9 Å². The normalized spacial score (nSPS) is 17.2. The summed E-state index contributed by atoms with van der Waals surface area (Å²) < 4.78 is 6.63. The maximum absolute atomic E-state index is 5.44. The van der Waals surface area contributed by atoms with Gasteiger partial charge in [0.2, 0.25) is 0 Å². The maximum atomic E-state index is 5.44. The predicted molar refractivity (Wildman–Crippen MR) is 73.9 cm³/mol. The van der Waals surface area contributed by atoms with Crippen LogP contribution >= 0.6 is 15.9 Å². The van der Waals surface area contributed by atoms with Crippen LogP contribution in [0.1, 0.15) is 30.0 Å². The summed E-state index contributed by atoms with van der Waals surface area (Å²) in [7, 11) is 1.99. The zero-order valence-corrected chi connectivity index (χ0v) is 11.9. The lowest BCUT2D eigenvalue weighted by atomic mass is 9.94. The third-order valence-corrected chi connectivity index (χ3v) is 4.24. The van der Waals surface area contributed by atoms with E-state index in [2.05, 4.69) is 46.4 Å². The minimum absolute atomic E-state index is 0.240. The Bertz CT molecular complexity index is 428. The summed E-state index contributed by atoms with van der Waals surface area (Å²) in [5, 5.41) is 3.38. The number of nitrogens with one attached hydrogen (secondary N) is 1. The molecule has 0 radical (unpaired) electrons. The fourth-order valence-corrected chi connectivity index (χ4v) is 2.72. The average molecular weight is 296 g/mol. The molecule has 0 fully saturated rings. The first kappa shape index (κ1) is 12.7. The van der Waals surface area contributed by atoms with E-state index in [0.717, 1.165) is 19.4 Å². The van der Waals surface area contributed by atoms with Gasteiger partial charge in [-0.15, -0.1) is 0 Å². The zero-order chi connectivity index (χ0) is 12.3. The number of aryl methyl sites for hydroxylation is 1. The van der Waals surface area contributed by atoms with Gasteiger partial charge >= 0.3 is 0 Å². The summed E-state index contributed by atoms with van der Waals surface area (Å²) in [4.78, 5) is 0. The fourth-order valence-electron chi connectivity index (χ4n) is 2.23. The number of benzene rings is 1. The second-order valence-corrected chi connectivity index (χ2v) is 5.16. The number of hydrogen-bond donors (Lipinski definition) is 1. The molecule has 1 N–H and O–H groups in total. The molecule has 0 aliphatic carbocycles. The predicted octanol–water partition coefficient (Wildman–Crippen LogP) is 3.71. The van der Waals surface area contributed by atoms with E-state index in [0.29, 0.717) is 0 Å². The highest BCUT2D eigenvalue weighted by Crippen LogP contribution is 2.33. The molecule has 1 unspecified atom stereocenters. The van der Waals surface area contributed by atoms with Crippen molar-refractivity contribution in [1.29, 1.82) is 0 Å². The monoisotopic (exact) mass is 295 g/mol. The van der Waals surface area contributed by atoms with Crippen molar-refractivity contribution in [1.82, 2.24) is 5.32 Å². The molecule has 2 rings (SSSR count). The lowest BCUT2D eigenvalue weighted by molar-refractivity contribution is 0.220. The number of halogens is 1. The number of ether oxygens (including phenoxy) is 1. The fraction of sp³-hybridized carbons (Fsp3) is 0.429. The Hall–Kier alpha value is -0.800. The molecule has 3 heteroatoms. The van der Waals surface area contributed by atoms with Crippen molar-refractivity contribution in [2.24, 2.45) is 0 Å². The van der Waals surface area contributed by atoms with Crippen molar-refractivity contribution in [3.05, 3.63) is 45.6 Å². The quantitative estimate of drug-likeness (QED) is 0.918. The molecule has 0 spiro atoms. The number of rotatable bonds is 3. The van der Waals surface area contributed by atoms with Crippen molar-refractivity contribution in [2.75, 3.05) is 13.7 Å². The van der Waals surface area contributed by atoms with Gasteiger partial charge in [0.1, 0.15) is 0 Å². The molecule has 1 heterocycles. The molecule has 0 saturated carbocycles. The summed E-state index contributed by atoms with van der Waals surface area (Å²) in [5.74, 6) is 0. The third-order valence-electron chi connectivity index (χ3n) is 3.15. The highest BCUT2D eigenvalue weighted by Gasteiger charge is 2.19. The van der Waals surface area contributed by atoms with Crippen LogP contribution < -0.4 is 5.32 Å². The van der Waals surface area contributed by atoms with E-state index in [4.69, 9.17) is 4.74 Å². The van der Waals surface area contributed by atoms with Crippen LogP contribution in [0, 0.1) is 6.92 Å². The van der Waals surface area contributed by atoms with Gasteiger partial charge in [-0.1, -0.05) is 34.1 Å². The lowest BCUT2D eigenvalue weighted by Crippen LogP contribution is -2.21. The van der Waals surface area contributed by atoms with E-state index in [9.17, 15) is 0 Å². The van der Waals surface area contributed by atoms with E-state index in [1.807, 2.05) is 13.3 Å². The molecule has 2 nitrogen and oxygen atoms in total. The second kappa shape index (κ2) is 5.69. The molecule has 0 aromatic heterocycles. The largest absolute Gasteiger partial charge is 0.501 e. The molecule has 1 atom stereocenters. The van der Waals surface area contributed by atoms with Gasteiger partial charge in [-0.3, -0.25) is 0 Å². The standard InChI is InChI=1S/C14H18BrNO/c1-10-5-3-7-12(13(10)15)14(16-2)11-6-4-8-17-9-11/h3,5,7,9,14,16H,4,6,8H2,1-2H3. The van der Waals surface area contributed by atoms with Crippen LogP contribution in [0.15, 0.2) is 34.5 Å². The van der Waals surface area contributed by atoms with Gasteiger partial charge in [-0.2, -0.15) is 0 Å². The van der Waals surface area contributed by atoms with Crippen molar-refractivity contribution in [3.8, 4) is 0 Å². The van der Waals surface area contributed by atoms with Crippen molar-refractivity contribution >= 4 is 15.9 Å². The Morgan fingerprint density at radius 3 is 2.88 bits per heavy atom. The first-order valence-corrected chi connectivity index (χ1v) is 6.76. The van der Waals surface area contributed by atoms with Crippen LogP contribution in [0.3, 0.4) is 0 Å². The molecule has 1 aromatic carbocycles. The molecule has 0 saturated heterocycles. The highest BCUT2D eigenvalue weighted by atomic mass is 79.9. The van der Waals surface area contributed by atoms with E-state index in [1.165, 1.54) is 21.2 Å². The van der Waals surface area contributed by atoms with Crippen LogP contribution in [0.5, 0.6) is 0 Å². The molecule has 1 aliphatic heterocycles. The summed E-state index contributed by atoms with van der Waals surface area (Å²) >= 11 is 3.68. The van der Waals surface area contributed by atoms with Crippen LogP contribution in [0.25, 0.3) is 0 Å². The van der Waals surface area contributed by atoms with E-state index in [-0.39, 0.29) is 6.04 Å². The molecule has 1 aliphatic rings. The van der Waals surface area contributed by atoms with Crippen LogP contribution in [-0.2, 0) is 4.74 Å². The molecule has 92 valence electrons.